The van der Waals surface area contributed by atoms with Crippen LogP contribution in [0.25, 0.3) is 10.9 Å². The summed E-state index contributed by atoms with van der Waals surface area (Å²) in [6.45, 7) is 0.772. The Kier molecular flexibility index (Phi) is 5.33. The minimum atomic E-state index is -0.117. The molecule has 5 nitrogen and oxygen atoms in total. The van der Waals surface area contributed by atoms with Gasteiger partial charge in [0, 0.05) is 24.6 Å². The molecule has 1 unspecified atom stereocenters. The molecule has 23 heavy (non-hydrogen) atoms. The number of nitrogens with zero attached hydrogens (tertiary/aromatic N) is 1. The highest BCUT2D eigenvalue weighted by molar-refractivity contribution is 8.00. The van der Waals surface area contributed by atoms with Gasteiger partial charge in [0.15, 0.2) is 0 Å². The van der Waals surface area contributed by atoms with Gasteiger partial charge in [-0.1, -0.05) is 12.1 Å². The summed E-state index contributed by atoms with van der Waals surface area (Å²) < 4.78 is 0. The first kappa shape index (κ1) is 16.1. The van der Waals surface area contributed by atoms with E-state index in [4.69, 9.17) is 0 Å². The Balaban J connectivity index is 1.48. The lowest BCUT2D eigenvalue weighted by Gasteiger charge is -2.10. The molecule has 1 aliphatic rings. The van der Waals surface area contributed by atoms with Crippen molar-refractivity contribution in [1.29, 1.82) is 0 Å². The number of amides is 1. The van der Waals surface area contributed by atoms with Crippen LogP contribution < -0.4 is 10.9 Å². The third kappa shape index (κ3) is 4.34. The molecule has 1 aliphatic heterocycles. The Morgan fingerprint density at radius 1 is 1.39 bits per heavy atom. The van der Waals surface area contributed by atoms with E-state index in [1.807, 2.05) is 30.0 Å². The van der Waals surface area contributed by atoms with Crippen LogP contribution in [0.4, 0.5) is 0 Å². The lowest BCUT2D eigenvalue weighted by molar-refractivity contribution is -0.121. The van der Waals surface area contributed by atoms with Gasteiger partial charge in [0.1, 0.15) is 5.82 Å². The summed E-state index contributed by atoms with van der Waals surface area (Å²) >= 11 is 1.94. The van der Waals surface area contributed by atoms with Gasteiger partial charge in [-0.3, -0.25) is 9.59 Å². The van der Waals surface area contributed by atoms with Gasteiger partial charge < -0.3 is 10.3 Å². The van der Waals surface area contributed by atoms with Crippen LogP contribution in [0.2, 0.25) is 0 Å². The Morgan fingerprint density at radius 2 is 2.26 bits per heavy atom. The molecule has 2 aromatic rings. The topological polar surface area (TPSA) is 74.8 Å². The molecule has 2 N–H and O–H groups in total. The average molecular weight is 331 g/mol. The van der Waals surface area contributed by atoms with Crippen LogP contribution in [0.3, 0.4) is 0 Å². The maximum Gasteiger partial charge on any atom is 0.258 e. The lowest BCUT2D eigenvalue weighted by Crippen LogP contribution is -2.29. The molecule has 1 fully saturated rings. The van der Waals surface area contributed by atoms with E-state index in [9.17, 15) is 9.59 Å². The van der Waals surface area contributed by atoms with Crippen LogP contribution in [0.5, 0.6) is 0 Å². The molecule has 122 valence electrons. The Labute approximate surface area is 139 Å². The van der Waals surface area contributed by atoms with Gasteiger partial charge in [0.25, 0.3) is 5.56 Å². The van der Waals surface area contributed by atoms with E-state index in [0.29, 0.717) is 41.2 Å². The van der Waals surface area contributed by atoms with Gasteiger partial charge in [-0.15, -0.1) is 0 Å². The number of aromatic nitrogens is 2. The second-order valence-electron chi connectivity index (χ2n) is 5.82. The monoisotopic (exact) mass is 331 g/mol. The van der Waals surface area contributed by atoms with Crippen molar-refractivity contribution < 1.29 is 4.79 Å². The van der Waals surface area contributed by atoms with E-state index in [2.05, 4.69) is 15.3 Å². The average Bonchev–Trinajstić information content (AvgIpc) is 3.06. The summed E-state index contributed by atoms with van der Waals surface area (Å²) in [7, 11) is 0. The molecule has 0 bridgehead atoms. The quantitative estimate of drug-likeness (QED) is 0.851. The van der Waals surface area contributed by atoms with Gasteiger partial charge in [0.05, 0.1) is 10.9 Å². The number of nitrogens with one attached hydrogen (secondary N) is 2. The van der Waals surface area contributed by atoms with Crippen molar-refractivity contribution in [1.82, 2.24) is 15.3 Å². The van der Waals surface area contributed by atoms with Gasteiger partial charge in [0.2, 0.25) is 5.91 Å². The van der Waals surface area contributed by atoms with Crippen molar-refractivity contribution in [2.75, 3.05) is 12.3 Å². The zero-order chi connectivity index (χ0) is 16.1. The lowest BCUT2D eigenvalue weighted by atomic mass is 10.2. The number of H-pyrrole nitrogens is 1. The fourth-order valence-corrected chi connectivity index (χ4v) is 3.99. The Hall–Kier alpha value is -1.82. The van der Waals surface area contributed by atoms with Crippen LogP contribution in [0.15, 0.2) is 29.1 Å². The van der Waals surface area contributed by atoms with Gasteiger partial charge in [-0.2, -0.15) is 11.8 Å². The number of aromatic amines is 1. The molecule has 1 aromatic heterocycles. The first-order valence-electron chi connectivity index (χ1n) is 8.08. The largest absolute Gasteiger partial charge is 0.355 e. The maximum atomic E-state index is 12.0. The molecule has 1 aromatic carbocycles. The van der Waals surface area contributed by atoms with E-state index in [-0.39, 0.29) is 11.5 Å². The highest BCUT2D eigenvalue weighted by atomic mass is 32.2. The molecule has 1 saturated heterocycles. The minimum absolute atomic E-state index is 0.0839. The number of carbonyl (C=O) groups excluding carboxylic acids is 1. The van der Waals surface area contributed by atoms with Gasteiger partial charge in [-0.05, 0) is 37.1 Å². The molecular formula is C17H21N3O2S. The third-order valence-electron chi connectivity index (χ3n) is 4.03. The zero-order valence-electron chi connectivity index (χ0n) is 13.0. The molecule has 1 atom stereocenters. The van der Waals surface area contributed by atoms with E-state index >= 15 is 0 Å². The van der Waals surface area contributed by atoms with Crippen molar-refractivity contribution in [3.8, 4) is 0 Å². The fraction of sp³-hybridized carbons (Fsp3) is 0.471. The molecule has 0 saturated carbocycles. The predicted octanol–water partition coefficient (Wildman–Crippen LogP) is 2.26. The summed E-state index contributed by atoms with van der Waals surface area (Å²) in [5, 5.41) is 4.18. The summed E-state index contributed by atoms with van der Waals surface area (Å²) in [4.78, 5) is 31.1. The standard InChI is InChI=1S/C17H21N3O2S/c21-16(18-11-12-5-4-10-23-12)9-3-8-15-19-14-7-2-1-6-13(14)17(22)20-15/h1-2,6-7,12H,3-5,8-11H2,(H,18,21)(H,19,20,22). The smallest absolute Gasteiger partial charge is 0.258 e. The van der Waals surface area contributed by atoms with Gasteiger partial charge >= 0.3 is 0 Å². The van der Waals surface area contributed by atoms with Crippen LogP contribution in [0.1, 0.15) is 31.5 Å². The first-order chi connectivity index (χ1) is 11.2. The van der Waals surface area contributed by atoms with Crippen LogP contribution in [0, 0.1) is 0 Å². The number of carbonyl (C=O) groups is 1. The summed E-state index contributed by atoms with van der Waals surface area (Å²) in [5.74, 6) is 1.94. The minimum Gasteiger partial charge on any atom is -0.355 e. The molecule has 6 heteroatoms. The van der Waals surface area contributed by atoms with Crippen molar-refractivity contribution in [2.45, 2.75) is 37.4 Å². The molecule has 3 rings (SSSR count). The third-order valence-corrected chi connectivity index (χ3v) is 5.43. The second-order valence-corrected chi connectivity index (χ2v) is 7.23. The van der Waals surface area contributed by atoms with Crippen molar-refractivity contribution >= 4 is 28.6 Å². The first-order valence-corrected chi connectivity index (χ1v) is 9.13. The molecule has 0 radical (unpaired) electrons. The number of aryl methyl sites for hydroxylation is 1. The van der Waals surface area contributed by atoms with E-state index in [1.54, 1.807) is 6.07 Å². The normalized spacial score (nSPS) is 17.5. The van der Waals surface area contributed by atoms with Crippen LogP contribution in [-0.2, 0) is 11.2 Å². The predicted molar refractivity (Wildman–Crippen MR) is 93.8 cm³/mol. The zero-order valence-corrected chi connectivity index (χ0v) is 13.8. The molecule has 0 spiro atoms. The van der Waals surface area contributed by atoms with Crippen LogP contribution >= 0.6 is 11.8 Å². The molecule has 2 heterocycles. The second kappa shape index (κ2) is 7.64. The van der Waals surface area contributed by atoms with Crippen molar-refractivity contribution in [3.05, 3.63) is 40.4 Å². The highest BCUT2D eigenvalue weighted by Gasteiger charge is 2.16. The molecular weight excluding hydrogens is 310 g/mol. The number of thioether (sulfide) groups is 1. The van der Waals surface area contributed by atoms with E-state index in [1.165, 1.54) is 18.6 Å². The fourth-order valence-electron chi connectivity index (χ4n) is 2.79. The number of hydrogen-bond acceptors (Lipinski definition) is 4. The van der Waals surface area contributed by atoms with Crippen LogP contribution in [-0.4, -0.2) is 33.4 Å². The van der Waals surface area contributed by atoms with Gasteiger partial charge in [-0.25, -0.2) is 4.98 Å². The number of rotatable bonds is 6. The number of fused-ring (bicyclic) bond motifs is 1. The Morgan fingerprint density at radius 3 is 3.09 bits per heavy atom. The van der Waals surface area contributed by atoms with E-state index < -0.39 is 0 Å². The number of benzene rings is 1. The number of para-hydroxylation sites is 1. The highest BCUT2D eigenvalue weighted by Crippen LogP contribution is 2.25. The summed E-state index contributed by atoms with van der Waals surface area (Å²) in [6.07, 6.45) is 4.21. The summed E-state index contributed by atoms with van der Waals surface area (Å²) in [6, 6.07) is 7.29. The number of hydrogen-bond donors (Lipinski definition) is 2. The maximum absolute atomic E-state index is 12.0. The van der Waals surface area contributed by atoms with Crippen molar-refractivity contribution in [2.24, 2.45) is 0 Å². The molecule has 1 amide bonds. The SMILES string of the molecule is O=C(CCCc1nc2ccccc2c(=O)[nH]1)NCC1CCCS1. The molecule has 0 aliphatic carbocycles. The Bertz CT molecular complexity index is 738. The van der Waals surface area contributed by atoms with Crippen molar-refractivity contribution in [3.63, 3.8) is 0 Å². The summed E-state index contributed by atoms with van der Waals surface area (Å²) in [5.41, 5.74) is 0.585. The van der Waals surface area contributed by atoms with E-state index in [0.717, 1.165) is 6.54 Å².